The molecule has 0 bridgehead atoms. The lowest BCUT2D eigenvalue weighted by Crippen LogP contribution is -2.32. The maximum atomic E-state index is 10.0. The largest absolute Gasteiger partial charge is 0.385 e. The van der Waals surface area contributed by atoms with Crippen LogP contribution in [0.25, 0.3) is 0 Å². The van der Waals surface area contributed by atoms with Crippen LogP contribution in [0.3, 0.4) is 0 Å². The van der Waals surface area contributed by atoms with E-state index in [1.54, 1.807) is 6.20 Å². The van der Waals surface area contributed by atoms with Crippen LogP contribution in [-0.2, 0) is 0 Å². The number of nitrogens with one attached hydrogen (secondary N) is 1. The van der Waals surface area contributed by atoms with Crippen LogP contribution in [0.15, 0.2) is 21.2 Å². The first kappa shape index (κ1) is 13.1. The van der Waals surface area contributed by atoms with Crippen molar-refractivity contribution in [2.75, 3.05) is 6.54 Å². The highest BCUT2D eigenvalue weighted by Crippen LogP contribution is 2.26. The fourth-order valence-electron chi connectivity index (χ4n) is 1.31. The van der Waals surface area contributed by atoms with Gasteiger partial charge < -0.3 is 10.4 Å². The molecule has 0 saturated heterocycles. The Bertz CT molecular complexity index is 333. The van der Waals surface area contributed by atoms with Crippen LogP contribution >= 0.6 is 31.9 Å². The molecule has 0 fully saturated rings. The monoisotopic (exact) mass is 336 g/mol. The van der Waals surface area contributed by atoms with Gasteiger partial charge in [-0.25, -0.2) is 0 Å². The van der Waals surface area contributed by atoms with Gasteiger partial charge >= 0.3 is 0 Å². The first-order valence-corrected chi connectivity index (χ1v) is 6.37. The summed E-state index contributed by atoms with van der Waals surface area (Å²) in [6, 6.07) is 1.87. The second-order valence-corrected chi connectivity index (χ2v) is 5.08. The lowest BCUT2D eigenvalue weighted by atomic mass is 10.1. The minimum Gasteiger partial charge on any atom is -0.385 e. The Kier molecular flexibility index (Phi) is 5.18. The summed E-state index contributed by atoms with van der Waals surface area (Å²) in [6.07, 6.45) is 1.08. The molecule has 1 aromatic rings. The van der Waals surface area contributed by atoms with Crippen LogP contribution in [0.4, 0.5) is 0 Å². The standard InChI is InChI=1S/C10H14Br2N2O/c1-3-13-6(2)10(15)9-8(12)4-7(11)5-14-9/h4-6,10,13,15H,3H2,1-2H3. The third-order valence-electron chi connectivity index (χ3n) is 2.12. The fraction of sp³-hybridized carbons (Fsp3) is 0.500. The summed E-state index contributed by atoms with van der Waals surface area (Å²) in [4.78, 5) is 4.20. The molecule has 0 spiro atoms. The molecule has 1 heterocycles. The smallest absolute Gasteiger partial charge is 0.112 e. The van der Waals surface area contributed by atoms with Crippen LogP contribution < -0.4 is 5.32 Å². The molecule has 0 aliphatic carbocycles. The van der Waals surface area contributed by atoms with Gasteiger partial charge in [0.2, 0.25) is 0 Å². The molecule has 5 heteroatoms. The van der Waals surface area contributed by atoms with Crippen molar-refractivity contribution in [3.63, 3.8) is 0 Å². The van der Waals surface area contributed by atoms with Gasteiger partial charge in [-0.15, -0.1) is 0 Å². The third-order valence-corrected chi connectivity index (χ3v) is 3.18. The molecule has 1 aromatic heterocycles. The molecule has 2 atom stereocenters. The van der Waals surface area contributed by atoms with Gasteiger partial charge in [-0.05, 0) is 51.4 Å². The molecule has 0 aliphatic heterocycles. The summed E-state index contributed by atoms with van der Waals surface area (Å²) in [5.74, 6) is 0. The number of hydrogen-bond donors (Lipinski definition) is 2. The number of rotatable bonds is 4. The molecule has 2 N–H and O–H groups in total. The molecule has 84 valence electrons. The third kappa shape index (κ3) is 3.52. The van der Waals surface area contributed by atoms with Crippen molar-refractivity contribution in [3.05, 3.63) is 26.9 Å². The summed E-state index contributed by atoms with van der Waals surface area (Å²) in [6.45, 7) is 4.77. The van der Waals surface area contributed by atoms with Gasteiger partial charge in [0.25, 0.3) is 0 Å². The van der Waals surface area contributed by atoms with Crippen LogP contribution in [-0.4, -0.2) is 22.7 Å². The zero-order valence-corrected chi connectivity index (χ0v) is 11.8. The lowest BCUT2D eigenvalue weighted by molar-refractivity contribution is 0.132. The fourth-order valence-corrected chi connectivity index (χ4v) is 2.54. The topological polar surface area (TPSA) is 45.1 Å². The van der Waals surface area contributed by atoms with E-state index >= 15 is 0 Å². The van der Waals surface area contributed by atoms with Gasteiger partial charge in [0.15, 0.2) is 0 Å². The first-order valence-electron chi connectivity index (χ1n) is 4.78. The van der Waals surface area contributed by atoms with Gasteiger partial charge in [0.05, 0.1) is 5.69 Å². The molecule has 0 radical (unpaired) electrons. The first-order chi connectivity index (χ1) is 7.06. The number of aromatic nitrogens is 1. The van der Waals surface area contributed by atoms with Crippen LogP contribution in [0.1, 0.15) is 25.6 Å². The van der Waals surface area contributed by atoms with Gasteiger partial charge in [0, 0.05) is 21.2 Å². The molecule has 1 rings (SSSR count). The van der Waals surface area contributed by atoms with E-state index < -0.39 is 6.10 Å². The quantitative estimate of drug-likeness (QED) is 0.887. The van der Waals surface area contributed by atoms with Crippen LogP contribution in [0.5, 0.6) is 0 Å². The number of likely N-dealkylation sites (N-methyl/N-ethyl adjacent to an activating group) is 1. The predicted octanol–water partition coefficient (Wildman–Crippen LogP) is 2.64. The van der Waals surface area contributed by atoms with Crippen molar-refractivity contribution in [3.8, 4) is 0 Å². The van der Waals surface area contributed by atoms with Crippen molar-refractivity contribution < 1.29 is 5.11 Å². The van der Waals surface area contributed by atoms with E-state index in [1.165, 1.54) is 0 Å². The zero-order chi connectivity index (χ0) is 11.4. The molecule has 0 aliphatic rings. The summed E-state index contributed by atoms with van der Waals surface area (Å²) in [7, 11) is 0. The van der Waals surface area contributed by atoms with Crippen LogP contribution in [0, 0.1) is 0 Å². The predicted molar refractivity (Wildman–Crippen MR) is 67.7 cm³/mol. The van der Waals surface area contributed by atoms with E-state index in [9.17, 15) is 5.11 Å². The summed E-state index contributed by atoms with van der Waals surface area (Å²) < 4.78 is 1.70. The highest BCUT2D eigenvalue weighted by molar-refractivity contribution is 9.11. The Balaban J connectivity index is 2.86. The van der Waals surface area contributed by atoms with Crippen molar-refractivity contribution in [1.29, 1.82) is 0 Å². The highest BCUT2D eigenvalue weighted by Gasteiger charge is 2.19. The minimum atomic E-state index is -0.604. The maximum Gasteiger partial charge on any atom is 0.112 e. The number of pyridine rings is 1. The van der Waals surface area contributed by atoms with Crippen LogP contribution in [0.2, 0.25) is 0 Å². The van der Waals surface area contributed by atoms with Crippen molar-refractivity contribution >= 4 is 31.9 Å². The Labute approximate surface area is 107 Å². The minimum absolute atomic E-state index is 0.0139. The molecule has 0 amide bonds. The lowest BCUT2D eigenvalue weighted by Gasteiger charge is -2.20. The maximum absolute atomic E-state index is 10.0. The van der Waals surface area contributed by atoms with Crippen molar-refractivity contribution in [2.24, 2.45) is 0 Å². The molecule has 0 aromatic carbocycles. The van der Waals surface area contributed by atoms with E-state index in [4.69, 9.17) is 0 Å². The van der Waals surface area contributed by atoms with E-state index in [-0.39, 0.29) is 6.04 Å². The number of halogens is 2. The average molecular weight is 338 g/mol. The number of hydrogen-bond acceptors (Lipinski definition) is 3. The number of nitrogens with zero attached hydrogens (tertiary/aromatic N) is 1. The van der Waals surface area contributed by atoms with E-state index in [2.05, 4.69) is 42.2 Å². The average Bonchev–Trinajstić information content (AvgIpc) is 2.17. The van der Waals surface area contributed by atoms with Gasteiger partial charge in [0.1, 0.15) is 6.10 Å². The molecule has 0 saturated carbocycles. The Morgan fingerprint density at radius 3 is 2.73 bits per heavy atom. The van der Waals surface area contributed by atoms with E-state index in [1.807, 2.05) is 19.9 Å². The normalized spacial score (nSPS) is 15.0. The van der Waals surface area contributed by atoms with Gasteiger partial charge in [-0.3, -0.25) is 4.98 Å². The summed E-state index contributed by atoms with van der Waals surface area (Å²) in [5, 5.41) is 13.2. The Morgan fingerprint density at radius 1 is 1.53 bits per heavy atom. The Morgan fingerprint density at radius 2 is 2.20 bits per heavy atom. The molecular weight excluding hydrogens is 324 g/mol. The molecule has 2 unspecified atom stereocenters. The number of aliphatic hydroxyl groups is 1. The van der Waals surface area contributed by atoms with Crippen molar-refractivity contribution in [1.82, 2.24) is 10.3 Å². The van der Waals surface area contributed by atoms with E-state index in [0.29, 0.717) is 5.69 Å². The molecular formula is C10H14Br2N2O. The highest BCUT2D eigenvalue weighted by atomic mass is 79.9. The summed E-state index contributed by atoms with van der Waals surface area (Å²) >= 11 is 6.71. The van der Waals surface area contributed by atoms with Crippen molar-refractivity contribution in [2.45, 2.75) is 26.0 Å². The van der Waals surface area contributed by atoms with Gasteiger partial charge in [-0.1, -0.05) is 6.92 Å². The molecule has 15 heavy (non-hydrogen) atoms. The SMILES string of the molecule is CCNC(C)C(O)c1ncc(Br)cc1Br. The molecule has 3 nitrogen and oxygen atoms in total. The van der Waals surface area contributed by atoms with Gasteiger partial charge in [-0.2, -0.15) is 0 Å². The number of aliphatic hydroxyl groups excluding tert-OH is 1. The second-order valence-electron chi connectivity index (χ2n) is 3.31. The van der Waals surface area contributed by atoms with E-state index in [0.717, 1.165) is 15.5 Å². The summed E-state index contributed by atoms with van der Waals surface area (Å²) in [5.41, 5.74) is 0.659. The second kappa shape index (κ2) is 5.94. The zero-order valence-electron chi connectivity index (χ0n) is 8.67. The Hall–Kier alpha value is 0.0300.